The number of halogens is 2. The topological polar surface area (TPSA) is 31.9 Å². The fraction of sp³-hybridized carbons (Fsp3) is 0.462. The second-order valence-electron chi connectivity index (χ2n) is 4.55. The zero-order valence-electron chi connectivity index (χ0n) is 10.6. The Morgan fingerprint density at radius 3 is 2.89 bits per heavy atom. The van der Waals surface area contributed by atoms with E-state index >= 15 is 0 Å². The molecule has 3 nitrogen and oxygen atoms in total. The number of hydrogen-bond acceptors (Lipinski definition) is 2. The van der Waals surface area contributed by atoms with Crippen LogP contribution in [0.2, 0.25) is 0 Å². The molecule has 0 saturated carbocycles. The van der Waals surface area contributed by atoms with E-state index in [1.807, 2.05) is 0 Å². The molecule has 18 heavy (non-hydrogen) atoms. The summed E-state index contributed by atoms with van der Waals surface area (Å²) >= 11 is 3.44. The Balaban J connectivity index is 2.32. The maximum Gasteiger partial charge on any atom is 0.204 e. The molecule has 5 heteroatoms. The summed E-state index contributed by atoms with van der Waals surface area (Å²) in [5.74, 6) is 0.570. The molecule has 0 atom stereocenters. The van der Waals surface area contributed by atoms with E-state index < -0.39 is 0 Å². The highest BCUT2D eigenvalue weighted by atomic mass is 79.9. The molecular weight excluding hydrogens is 297 g/mol. The van der Waals surface area contributed by atoms with Crippen molar-refractivity contribution < 1.29 is 4.39 Å². The molecule has 0 unspecified atom stereocenters. The van der Waals surface area contributed by atoms with Crippen LogP contribution in [-0.2, 0) is 0 Å². The molecule has 1 aromatic carbocycles. The minimum atomic E-state index is -0.241. The van der Waals surface area contributed by atoms with Crippen LogP contribution >= 0.6 is 15.9 Å². The van der Waals surface area contributed by atoms with Crippen molar-refractivity contribution in [2.45, 2.75) is 26.3 Å². The number of rotatable bonds is 5. The van der Waals surface area contributed by atoms with Crippen molar-refractivity contribution in [3.05, 3.63) is 24.0 Å². The molecule has 0 aliphatic rings. The fourth-order valence-corrected chi connectivity index (χ4v) is 2.19. The Bertz CT molecular complexity index is 524. The third-order valence-electron chi connectivity index (χ3n) is 2.86. The SMILES string of the molecule is CC(C)N(CCCBr)c1nc2ccc(F)cc2[nH]1. The zero-order valence-corrected chi connectivity index (χ0v) is 12.2. The fourth-order valence-electron chi connectivity index (χ4n) is 1.94. The predicted octanol–water partition coefficient (Wildman–Crippen LogP) is 3.70. The molecule has 0 amide bonds. The number of aromatic nitrogens is 2. The number of anilines is 1. The first-order valence-electron chi connectivity index (χ1n) is 6.09. The number of H-pyrrole nitrogens is 1. The third-order valence-corrected chi connectivity index (χ3v) is 3.42. The molecule has 1 N–H and O–H groups in total. The Morgan fingerprint density at radius 1 is 1.44 bits per heavy atom. The quantitative estimate of drug-likeness (QED) is 0.853. The smallest absolute Gasteiger partial charge is 0.204 e. The largest absolute Gasteiger partial charge is 0.340 e. The summed E-state index contributed by atoms with van der Waals surface area (Å²) in [7, 11) is 0. The summed E-state index contributed by atoms with van der Waals surface area (Å²) in [6.07, 6.45) is 1.05. The molecule has 1 heterocycles. The molecule has 0 fully saturated rings. The summed E-state index contributed by atoms with van der Waals surface area (Å²) in [5.41, 5.74) is 1.55. The van der Waals surface area contributed by atoms with E-state index in [1.165, 1.54) is 12.1 Å². The first-order valence-corrected chi connectivity index (χ1v) is 7.22. The lowest BCUT2D eigenvalue weighted by molar-refractivity contribution is 0.629. The van der Waals surface area contributed by atoms with Crippen LogP contribution in [0, 0.1) is 5.82 Å². The van der Waals surface area contributed by atoms with Crippen molar-refractivity contribution >= 4 is 32.9 Å². The van der Waals surface area contributed by atoms with Crippen LogP contribution in [0.1, 0.15) is 20.3 Å². The Morgan fingerprint density at radius 2 is 2.22 bits per heavy atom. The van der Waals surface area contributed by atoms with E-state index in [0.29, 0.717) is 6.04 Å². The van der Waals surface area contributed by atoms with Gasteiger partial charge in [-0.05, 0) is 38.5 Å². The second kappa shape index (κ2) is 5.69. The lowest BCUT2D eigenvalue weighted by atomic mass is 10.3. The molecule has 2 aromatic rings. The van der Waals surface area contributed by atoms with Crippen LogP contribution in [0.25, 0.3) is 11.0 Å². The maximum atomic E-state index is 13.1. The highest BCUT2D eigenvalue weighted by Gasteiger charge is 2.14. The normalized spacial score (nSPS) is 11.4. The van der Waals surface area contributed by atoms with Gasteiger partial charge in [0, 0.05) is 17.9 Å². The monoisotopic (exact) mass is 313 g/mol. The van der Waals surface area contributed by atoms with Crippen LogP contribution in [0.5, 0.6) is 0 Å². The number of benzene rings is 1. The van der Waals surface area contributed by atoms with Crippen molar-refractivity contribution in [3.63, 3.8) is 0 Å². The van der Waals surface area contributed by atoms with E-state index in [4.69, 9.17) is 0 Å². The minimum absolute atomic E-state index is 0.241. The van der Waals surface area contributed by atoms with Gasteiger partial charge in [0.1, 0.15) is 5.82 Å². The number of alkyl halides is 1. The van der Waals surface area contributed by atoms with E-state index in [9.17, 15) is 4.39 Å². The minimum Gasteiger partial charge on any atom is -0.340 e. The van der Waals surface area contributed by atoms with E-state index in [2.05, 4.69) is 44.6 Å². The molecule has 0 bridgehead atoms. The number of nitrogens with one attached hydrogen (secondary N) is 1. The standard InChI is InChI=1S/C13H17BrFN3/c1-9(2)18(7-3-6-14)13-16-11-5-4-10(15)8-12(11)17-13/h4-5,8-9H,3,6-7H2,1-2H3,(H,16,17). The lowest BCUT2D eigenvalue weighted by Gasteiger charge is -2.25. The van der Waals surface area contributed by atoms with Crippen LogP contribution in [0.15, 0.2) is 18.2 Å². The number of nitrogens with zero attached hydrogens (tertiary/aromatic N) is 2. The third kappa shape index (κ3) is 2.83. The average Bonchev–Trinajstić information content (AvgIpc) is 2.71. The first-order chi connectivity index (χ1) is 8.61. The van der Waals surface area contributed by atoms with Crippen LogP contribution in [0.4, 0.5) is 10.3 Å². The van der Waals surface area contributed by atoms with E-state index in [1.54, 1.807) is 6.07 Å². The van der Waals surface area contributed by atoms with E-state index in [-0.39, 0.29) is 5.82 Å². The molecule has 0 spiro atoms. The molecule has 98 valence electrons. The van der Waals surface area contributed by atoms with Crippen molar-refractivity contribution in [3.8, 4) is 0 Å². The van der Waals surface area contributed by atoms with Crippen LogP contribution < -0.4 is 4.90 Å². The van der Waals surface area contributed by atoms with Gasteiger partial charge in [0.05, 0.1) is 11.0 Å². The molecular formula is C13H17BrFN3. The van der Waals surface area contributed by atoms with Crippen molar-refractivity contribution in [2.75, 3.05) is 16.8 Å². The molecule has 2 rings (SSSR count). The van der Waals surface area contributed by atoms with Gasteiger partial charge in [-0.3, -0.25) is 0 Å². The Hall–Kier alpha value is -1.10. The first kappa shape index (κ1) is 13.3. The van der Waals surface area contributed by atoms with Crippen molar-refractivity contribution in [1.29, 1.82) is 0 Å². The summed E-state index contributed by atoms with van der Waals surface area (Å²) in [6.45, 7) is 5.18. The van der Waals surface area contributed by atoms with Gasteiger partial charge in [0.15, 0.2) is 0 Å². The van der Waals surface area contributed by atoms with Crippen molar-refractivity contribution in [2.24, 2.45) is 0 Å². The van der Waals surface area contributed by atoms with Gasteiger partial charge >= 0.3 is 0 Å². The lowest BCUT2D eigenvalue weighted by Crippen LogP contribution is -2.32. The Kier molecular flexibility index (Phi) is 4.22. The maximum absolute atomic E-state index is 13.1. The van der Waals surface area contributed by atoms with Gasteiger partial charge in [-0.2, -0.15) is 0 Å². The number of hydrogen-bond donors (Lipinski definition) is 1. The van der Waals surface area contributed by atoms with Gasteiger partial charge in [-0.1, -0.05) is 15.9 Å². The van der Waals surface area contributed by atoms with Gasteiger partial charge < -0.3 is 9.88 Å². The molecule has 1 aromatic heterocycles. The predicted molar refractivity (Wildman–Crippen MR) is 76.9 cm³/mol. The summed E-state index contributed by atoms with van der Waals surface area (Å²) in [4.78, 5) is 9.90. The summed E-state index contributed by atoms with van der Waals surface area (Å²) in [5, 5.41) is 0.963. The number of imidazole rings is 1. The molecule has 0 aliphatic heterocycles. The Labute approximate surface area is 115 Å². The average molecular weight is 314 g/mol. The van der Waals surface area contributed by atoms with Gasteiger partial charge in [0.2, 0.25) is 5.95 Å². The van der Waals surface area contributed by atoms with Gasteiger partial charge in [-0.15, -0.1) is 0 Å². The van der Waals surface area contributed by atoms with Crippen molar-refractivity contribution in [1.82, 2.24) is 9.97 Å². The van der Waals surface area contributed by atoms with Crippen LogP contribution in [0.3, 0.4) is 0 Å². The van der Waals surface area contributed by atoms with Gasteiger partial charge in [-0.25, -0.2) is 9.37 Å². The second-order valence-corrected chi connectivity index (χ2v) is 5.34. The molecule has 0 saturated heterocycles. The zero-order chi connectivity index (χ0) is 13.1. The highest BCUT2D eigenvalue weighted by molar-refractivity contribution is 9.09. The number of aromatic amines is 1. The molecule has 0 aliphatic carbocycles. The van der Waals surface area contributed by atoms with E-state index in [0.717, 1.165) is 35.3 Å². The summed E-state index contributed by atoms with van der Waals surface area (Å²) in [6, 6.07) is 4.97. The molecule has 0 radical (unpaired) electrons. The summed E-state index contributed by atoms with van der Waals surface area (Å²) < 4.78 is 13.1. The van der Waals surface area contributed by atoms with Crippen LogP contribution in [-0.4, -0.2) is 27.9 Å². The number of fused-ring (bicyclic) bond motifs is 1. The van der Waals surface area contributed by atoms with Gasteiger partial charge in [0.25, 0.3) is 0 Å². The highest BCUT2D eigenvalue weighted by Crippen LogP contribution is 2.20.